The van der Waals surface area contributed by atoms with Crippen molar-refractivity contribution in [1.82, 2.24) is 9.97 Å². The van der Waals surface area contributed by atoms with Crippen LogP contribution >= 0.6 is 11.6 Å². The topological polar surface area (TPSA) is 61.0 Å². The molecule has 0 aromatic carbocycles. The van der Waals surface area contributed by atoms with Gasteiger partial charge in [-0.2, -0.15) is 0 Å². The predicted molar refractivity (Wildman–Crippen MR) is 47.5 cm³/mol. The molecule has 0 aliphatic carbocycles. The van der Waals surface area contributed by atoms with E-state index in [0.717, 1.165) is 0 Å². The van der Waals surface area contributed by atoms with E-state index in [9.17, 15) is 0 Å². The molecule has 0 saturated heterocycles. The molecule has 64 valence electrons. The van der Waals surface area contributed by atoms with Crippen LogP contribution in [0.1, 0.15) is 5.56 Å². The van der Waals surface area contributed by atoms with Crippen LogP contribution in [0.4, 0.5) is 5.82 Å². The van der Waals surface area contributed by atoms with Gasteiger partial charge in [-0.25, -0.2) is 9.97 Å². The van der Waals surface area contributed by atoms with Crippen molar-refractivity contribution in [2.45, 2.75) is 0 Å². The first kappa shape index (κ1) is 8.80. The molecule has 0 aliphatic rings. The van der Waals surface area contributed by atoms with Gasteiger partial charge in [-0.1, -0.05) is 0 Å². The molecule has 12 heavy (non-hydrogen) atoms. The molecule has 0 atom stereocenters. The quantitative estimate of drug-likeness (QED) is 0.558. The summed E-state index contributed by atoms with van der Waals surface area (Å²) in [6, 6.07) is 0. The summed E-state index contributed by atoms with van der Waals surface area (Å²) >= 11 is 5.49. The van der Waals surface area contributed by atoms with Crippen LogP contribution < -0.4 is 5.73 Å². The highest BCUT2D eigenvalue weighted by Gasteiger charge is 1.97. The van der Waals surface area contributed by atoms with E-state index in [0.29, 0.717) is 11.4 Å². The lowest BCUT2D eigenvalue weighted by atomic mass is 10.3. The van der Waals surface area contributed by atoms with E-state index in [1.165, 1.54) is 12.5 Å². The third kappa shape index (κ3) is 2.10. The van der Waals surface area contributed by atoms with Gasteiger partial charge in [-0.15, -0.1) is 0 Å². The summed E-state index contributed by atoms with van der Waals surface area (Å²) < 4.78 is 4.71. The van der Waals surface area contributed by atoms with Crippen molar-refractivity contribution in [1.29, 1.82) is 0 Å². The van der Waals surface area contributed by atoms with Crippen LogP contribution in [-0.2, 0) is 4.74 Å². The first-order valence-electron chi connectivity index (χ1n) is 3.21. The largest absolute Gasteiger partial charge is 0.504 e. The highest BCUT2D eigenvalue weighted by Crippen LogP contribution is 2.11. The zero-order valence-corrected chi connectivity index (χ0v) is 7.25. The van der Waals surface area contributed by atoms with Crippen molar-refractivity contribution in [3.8, 4) is 0 Å². The molecule has 4 nitrogen and oxygen atoms in total. The van der Waals surface area contributed by atoms with Gasteiger partial charge >= 0.3 is 0 Å². The van der Waals surface area contributed by atoms with E-state index in [1.54, 1.807) is 13.2 Å². The minimum Gasteiger partial charge on any atom is -0.504 e. The molecular weight excluding hydrogens is 178 g/mol. The third-order valence-electron chi connectivity index (χ3n) is 1.20. The maximum Gasteiger partial charge on any atom is 0.224 e. The second-order valence-corrected chi connectivity index (χ2v) is 2.36. The number of anilines is 1. The van der Waals surface area contributed by atoms with Gasteiger partial charge in [0.1, 0.15) is 5.82 Å². The summed E-state index contributed by atoms with van der Waals surface area (Å²) in [7, 11) is 1.55. The summed E-state index contributed by atoms with van der Waals surface area (Å²) in [6.45, 7) is 0. The van der Waals surface area contributed by atoms with E-state index in [4.69, 9.17) is 22.1 Å². The lowest BCUT2D eigenvalue weighted by molar-refractivity contribution is 0.341. The summed E-state index contributed by atoms with van der Waals surface area (Å²) in [5.74, 6) is 0.336. The first-order chi connectivity index (χ1) is 5.74. The monoisotopic (exact) mass is 185 g/mol. The fraction of sp³-hybridized carbons (Fsp3) is 0.143. The van der Waals surface area contributed by atoms with E-state index in [-0.39, 0.29) is 5.28 Å². The van der Waals surface area contributed by atoms with Crippen LogP contribution in [0.25, 0.3) is 6.08 Å². The van der Waals surface area contributed by atoms with Crippen LogP contribution in [0.2, 0.25) is 5.28 Å². The molecule has 1 heterocycles. The molecule has 0 radical (unpaired) electrons. The van der Waals surface area contributed by atoms with Crippen molar-refractivity contribution < 1.29 is 4.74 Å². The fourth-order valence-electron chi connectivity index (χ4n) is 0.652. The summed E-state index contributed by atoms with van der Waals surface area (Å²) in [4.78, 5) is 7.51. The van der Waals surface area contributed by atoms with E-state index in [2.05, 4.69) is 9.97 Å². The number of methoxy groups -OCH3 is 1. The Balaban J connectivity index is 2.94. The van der Waals surface area contributed by atoms with Crippen LogP contribution in [-0.4, -0.2) is 17.1 Å². The maximum absolute atomic E-state index is 5.52. The Morgan fingerprint density at radius 3 is 3.00 bits per heavy atom. The van der Waals surface area contributed by atoms with Gasteiger partial charge in [-0.3, -0.25) is 0 Å². The molecule has 5 heteroatoms. The highest BCUT2D eigenvalue weighted by atomic mass is 35.5. The zero-order valence-electron chi connectivity index (χ0n) is 6.49. The Kier molecular flexibility index (Phi) is 2.88. The van der Waals surface area contributed by atoms with Crippen LogP contribution in [0, 0.1) is 0 Å². The molecule has 1 rings (SSSR count). The number of hydrogen-bond donors (Lipinski definition) is 1. The van der Waals surface area contributed by atoms with E-state index < -0.39 is 0 Å². The number of aromatic nitrogens is 2. The number of nitrogens with zero attached hydrogens (tertiary/aromatic N) is 2. The van der Waals surface area contributed by atoms with Crippen LogP contribution in [0.3, 0.4) is 0 Å². The maximum atomic E-state index is 5.52. The van der Waals surface area contributed by atoms with Crippen LogP contribution in [0.15, 0.2) is 12.5 Å². The molecule has 0 fully saturated rings. The minimum atomic E-state index is 0.141. The third-order valence-corrected chi connectivity index (χ3v) is 1.38. The van der Waals surface area contributed by atoms with Gasteiger partial charge in [0.15, 0.2) is 0 Å². The van der Waals surface area contributed by atoms with Gasteiger partial charge in [0.25, 0.3) is 0 Å². The zero-order chi connectivity index (χ0) is 8.97. The molecule has 1 aromatic heterocycles. The highest BCUT2D eigenvalue weighted by molar-refractivity contribution is 6.28. The minimum absolute atomic E-state index is 0.141. The smallest absolute Gasteiger partial charge is 0.224 e. The molecule has 0 amide bonds. The van der Waals surface area contributed by atoms with Gasteiger partial charge in [0, 0.05) is 11.8 Å². The summed E-state index contributed by atoms with van der Waals surface area (Å²) in [6.07, 6.45) is 4.68. The Hall–Kier alpha value is -1.29. The molecule has 0 aliphatic heterocycles. The second-order valence-electron chi connectivity index (χ2n) is 2.02. The summed E-state index contributed by atoms with van der Waals surface area (Å²) in [5.41, 5.74) is 6.20. The second kappa shape index (κ2) is 3.92. The van der Waals surface area contributed by atoms with Gasteiger partial charge in [0.05, 0.1) is 13.4 Å². The molecular formula is C7H8ClN3O. The number of rotatable bonds is 2. The average molecular weight is 186 g/mol. The summed E-state index contributed by atoms with van der Waals surface area (Å²) in [5, 5.41) is 0.141. The Bertz CT molecular complexity index is 301. The van der Waals surface area contributed by atoms with Gasteiger partial charge < -0.3 is 10.5 Å². The van der Waals surface area contributed by atoms with E-state index in [1.807, 2.05) is 0 Å². The molecule has 2 N–H and O–H groups in total. The van der Waals surface area contributed by atoms with Crippen molar-refractivity contribution in [2.24, 2.45) is 0 Å². The Morgan fingerprint density at radius 1 is 1.67 bits per heavy atom. The Morgan fingerprint density at radius 2 is 2.42 bits per heavy atom. The molecule has 0 spiro atoms. The lowest BCUT2D eigenvalue weighted by Crippen LogP contribution is -1.95. The number of halogens is 1. The predicted octanol–water partition coefficient (Wildman–Crippen LogP) is 1.33. The van der Waals surface area contributed by atoms with Crippen molar-refractivity contribution in [3.63, 3.8) is 0 Å². The molecule has 0 unspecified atom stereocenters. The standard InChI is InChI=1S/C7H8ClN3O/c1-12-3-2-5-4-10-7(8)11-6(5)9/h2-4H,1H3,(H2,9,10,11)/b3-2+. The van der Waals surface area contributed by atoms with Gasteiger partial charge in [-0.05, 0) is 17.7 Å². The number of hydrogen-bond acceptors (Lipinski definition) is 4. The van der Waals surface area contributed by atoms with Crippen molar-refractivity contribution in [2.75, 3.05) is 12.8 Å². The average Bonchev–Trinajstić information content (AvgIpc) is 2.03. The van der Waals surface area contributed by atoms with Crippen molar-refractivity contribution >= 4 is 23.5 Å². The van der Waals surface area contributed by atoms with Gasteiger partial charge in [0.2, 0.25) is 5.28 Å². The van der Waals surface area contributed by atoms with Crippen LogP contribution in [0.5, 0.6) is 0 Å². The molecule has 0 bridgehead atoms. The number of ether oxygens (including phenoxy) is 1. The lowest BCUT2D eigenvalue weighted by Gasteiger charge is -1.97. The van der Waals surface area contributed by atoms with Crippen molar-refractivity contribution in [3.05, 3.63) is 23.3 Å². The normalized spacial score (nSPS) is 10.5. The van der Waals surface area contributed by atoms with E-state index >= 15 is 0 Å². The molecule has 0 saturated carbocycles. The Labute approximate surface area is 75.0 Å². The number of nitrogen functional groups attached to an aromatic ring is 1. The SMILES string of the molecule is CO/C=C/c1cnc(Cl)nc1N. The number of nitrogens with two attached hydrogens (primary N) is 1. The fourth-order valence-corrected chi connectivity index (χ4v) is 0.791. The first-order valence-corrected chi connectivity index (χ1v) is 3.59. The molecule has 1 aromatic rings.